The molecular weight excluding hydrogens is 744 g/mol. The zero-order valence-corrected chi connectivity index (χ0v) is 32.2. The summed E-state index contributed by atoms with van der Waals surface area (Å²) in [6, 6.07) is 0. The van der Waals surface area contributed by atoms with Gasteiger partial charge in [-0.25, -0.2) is 0 Å². The van der Waals surface area contributed by atoms with E-state index in [1.54, 1.807) is 0 Å². The number of aliphatic carboxylic acids is 1. The SMILES string of the molecule is C[C@@H]1C[C@@]23CC[C@H]4[C@@](C)(CCC[C@@]4(C)C(=O)O)[C@@H]2CC[C@]1(O[C@@H]1O[C@H](CO)[C@@H](O)[C@@H](O[C@@H]2O[C@@H](CO)[C@@H](O)[C@@H](O)[C@@H]2O)[C@H]1O[C@H]1O[C@@H](CO)[C@H](O)[C@H](O)[C@@H]1O)C3. The molecule has 7 rings (SSSR count). The van der Waals surface area contributed by atoms with Crippen LogP contribution in [-0.2, 0) is 33.2 Å². The normalized spacial score (nSPS) is 55.9. The Hall–Kier alpha value is -1.17. The Bertz CT molecular complexity index is 1400. The van der Waals surface area contributed by atoms with Crippen molar-refractivity contribution in [2.24, 2.45) is 34.0 Å². The highest BCUT2D eigenvalue weighted by molar-refractivity contribution is 5.75. The Labute approximate surface area is 325 Å². The van der Waals surface area contributed by atoms with E-state index in [0.29, 0.717) is 19.3 Å². The van der Waals surface area contributed by atoms with E-state index in [9.17, 15) is 61.0 Å². The number of rotatable bonds is 10. The van der Waals surface area contributed by atoms with Crippen LogP contribution in [0.5, 0.6) is 0 Å². The number of aliphatic hydroxyl groups excluding tert-OH is 10. The summed E-state index contributed by atoms with van der Waals surface area (Å²) in [5.41, 5.74) is -2.04. The molecule has 7 aliphatic rings. The largest absolute Gasteiger partial charge is 0.481 e. The highest BCUT2D eigenvalue weighted by atomic mass is 16.8. The molecule has 0 aromatic carbocycles. The van der Waals surface area contributed by atoms with E-state index in [4.69, 9.17) is 28.4 Å². The zero-order valence-electron chi connectivity index (χ0n) is 32.2. The van der Waals surface area contributed by atoms with Crippen molar-refractivity contribution in [3.63, 3.8) is 0 Å². The average molecular weight is 807 g/mol. The minimum atomic E-state index is -1.90. The summed E-state index contributed by atoms with van der Waals surface area (Å²) < 4.78 is 36.9. The molecule has 0 amide bonds. The standard InChI is InChI=1S/C38H62O18/c1-16-11-37-9-5-20-35(2,7-4-8-36(20,3)34(49)50)21(37)6-10-38(16,15-37)56-33-30(55-32-28(48)26(46)23(43)18(13-40)52-32)29(24(44)19(14-41)53-33)54-31-27(47)25(45)22(42)17(12-39)51-31/h16-33,39-48H,4-15H2,1-3H3,(H,49,50)/t16-,17+,18+,19-,20+,21+,22-,23+,24-,25-,26+,27+,28+,29-,30-,31+,32-,33+,35-,36-,37-,38+/m1/s1. The maximum absolute atomic E-state index is 12.7. The molecule has 3 heterocycles. The van der Waals surface area contributed by atoms with Gasteiger partial charge in [0.2, 0.25) is 0 Å². The summed E-state index contributed by atoms with van der Waals surface area (Å²) in [6.45, 7) is 3.98. The zero-order chi connectivity index (χ0) is 40.7. The number of aliphatic hydroxyl groups is 10. The van der Waals surface area contributed by atoms with Crippen molar-refractivity contribution in [3.8, 4) is 0 Å². The molecule has 7 fully saturated rings. The first-order valence-corrected chi connectivity index (χ1v) is 20.2. The van der Waals surface area contributed by atoms with Crippen LogP contribution in [0, 0.1) is 34.0 Å². The second-order valence-corrected chi connectivity index (χ2v) is 18.4. The van der Waals surface area contributed by atoms with E-state index in [2.05, 4.69) is 13.8 Å². The van der Waals surface area contributed by atoms with Crippen LogP contribution >= 0.6 is 0 Å². The van der Waals surface area contributed by atoms with E-state index >= 15 is 0 Å². The highest BCUT2D eigenvalue weighted by Crippen LogP contribution is 2.73. The van der Waals surface area contributed by atoms with Crippen molar-refractivity contribution in [3.05, 3.63) is 0 Å². The minimum absolute atomic E-state index is 0.0197. The number of carbonyl (C=O) groups is 1. The summed E-state index contributed by atoms with van der Waals surface area (Å²) in [5.74, 6) is -0.551. The van der Waals surface area contributed by atoms with Crippen LogP contribution in [0.25, 0.3) is 0 Å². The van der Waals surface area contributed by atoms with Crippen molar-refractivity contribution >= 4 is 5.97 Å². The van der Waals surface area contributed by atoms with Gasteiger partial charge in [0.1, 0.15) is 73.2 Å². The van der Waals surface area contributed by atoms with Crippen LogP contribution < -0.4 is 0 Å². The topological polar surface area (TPSA) is 295 Å². The third-order valence-electron chi connectivity index (χ3n) is 15.5. The summed E-state index contributed by atoms with van der Waals surface area (Å²) in [4.78, 5) is 12.7. The lowest BCUT2D eigenvalue weighted by Crippen LogP contribution is -2.68. The monoisotopic (exact) mass is 806 g/mol. The Kier molecular flexibility index (Phi) is 12.0. The number of hydrogen-bond donors (Lipinski definition) is 11. The molecule has 4 saturated carbocycles. The van der Waals surface area contributed by atoms with E-state index in [1.165, 1.54) is 0 Å². The van der Waals surface area contributed by atoms with Crippen molar-refractivity contribution in [2.75, 3.05) is 19.8 Å². The number of fused-ring (bicyclic) bond motifs is 3. The fraction of sp³-hybridized carbons (Fsp3) is 0.974. The molecule has 0 aromatic heterocycles. The molecule has 22 atom stereocenters. The molecule has 2 bridgehead atoms. The van der Waals surface area contributed by atoms with Gasteiger partial charge in [0.05, 0.1) is 30.8 Å². The van der Waals surface area contributed by atoms with Crippen LogP contribution in [0.4, 0.5) is 0 Å². The van der Waals surface area contributed by atoms with Crippen LogP contribution in [0.2, 0.25) is 0 Å². The highest BCUT2D eigenvalue weighted by Gasteiger charge is 2.70. The molecule has 0 aromatic rings. The predicted molar refractivity (Wildman–Crippen MR) is 187 cm³/mol. The Morgan fingerprint density at radius 3 is 1.71 bits per heavy atom. The maximum atomic E-state index is 12.7. The smallest absolute Gasteiger partial charge is 0.309 e. The van der Waals surface area contributed by atoms with E-state index < -0.39 is 129 Å². The summed E-state index contributed by atoms with van der Waals surface area (Å²) in [5, 5.41) is 116. The maximum Gasteiger partial charge on any atom is 0.309 e. The Morgan fingerprint density at radius 1 is 0.643 bits per heavy atom. The van der Waals surface area contributed by atoms with Gasteiger partial charge in [-0.1, -0.05) is 20.3 Å². The molecule has 0 unspecified atom stereocenters. The minimum Gasteiger partial charge on any atom is -0.481 e. The van der Waals surface area contributed by atoms with Gasteiger partial charge in [-0.15, -0.1) is 0 Å². The number of hydrogen-bond acceptors (Lipinski definition) is 17. The van der Waals surface area contributed by atoms with Gasteiger partial charge in [-0.2, -0.15) is 0 Å². The number of carboxylic acid groups (broad SMARTS) is 1. The Balaban J connectivity index is 1.21. The second kappa shape index (κ2) is 15.7. The van der Waals surface area contributed by atoms with Gasteiger partial charge in [-0.3, -0.25) is 4.79 Å². The molecule has 0 radical (unpaired) electrons. The molecule has 11 N–H and O–H groups in total. The summed E-state index contributed by atoms with van der Waals surface area (Å²) in [7, 11) is 0. The summed E-state index contributed by atoms with van der Waals surface area (Å²) in [6.07, 6.45) is -18.3. The summed E-state index contributed by atoms with van der Waals surface area (Å²) >= 11 is 0. The van der Waals surface area contributed by atoms with Crippen LogP contribution in [0.1, 0.15) is 78.6 Å². The van der Waals surface area contributed by atoms with Gasteiger partial charge in [0, 0.05) is 0 Å². The molecule has 1 spiro atoms. The molecule has 56 heavy (non-hydrogen) atoms. The van der Waals surface area contributed by atoms with Gasteiger partial charge in [0.15, 0.2) is 18.9 Å². The first kappa shape index (κ1) is 42.9. The van der Waals surface area contributed by atoms with Crippen LogP contribution in [0.15, 0.2) is 0 Å². The van der Waals surface area contributed by atoms with E-state index in [1.807, 2.05) is 6.92 Å². The van der Waals surface area contributed by atoms with Crippen molar-refractivity contribution in [1.82, 2.24) is 0 Å². The molecule has 18 heteroatoms. The Morgan fingerprint density at radius 2 is 1.16 bits per heavy atom. The van der Waals surface area contributed by atoms with Crippen molar-refractivity contribution < 1.29 is 89.4 Å². The fourth-order valence-corrected chi connectivity index (χ4v) is 12.5. The van der Waals surface area contributed by atoms with Crippen LogP contribution in [0.3, 0.4) is 0 Å². The molecule has 3 aliphatic heterocycles. The molecule has 18 nitrogen and oxygen atoms in total. The predicted octanol–water partition coefficient (Wildman–Crippen LogP) is -2.29. The van der Waals surface area contributed by atoms with Gasteiger partial charge < -0.3 is 84.6 Å². The average Bonchev–Trinajstić information content (AvgIpc) is 3.36. The van der Waals surface area contributed by atoms with Crippen molar-refractivity contribution in [2.45, 2.75) is 176 Å². The fourth-order valence-electron chi connectivity index (χ4n) is 12.5. The number of ether oxygens (including phenoxy) is 6. The van der Waals surface area contributed by atoms with Gasteiger partial charge in [0.25, 0.3) is 0 Å². The third kappa shape index (κ3) is 6.77. The first-order chi connectivity index (χ1) is 26.4. The van der Waals surface area contributed by atoms with Crippen LogP contribution in [-0.4, -0.2) is 180 Å². The lowest BCUT2D eigenvalue weighted by atomic mass is 9.41. The van der Waals surface area contributed by atoms with E-state index in [0.717, 1.165) is 38.5 Å². The molecule has 3 saturated heterocycles. The molecule has 4 aliphatic carbocycles. The lowest BCUT2D eigenvalue weighted by molar-refractivity contribution is -0.402. The van der Waals surface area contributed by atoms with Gasteiger partial charge >= 0.3 is 5.97 Å². The molecule has 322 valence electrons. The number of carboxylic acids is 1. The lowest BCUT2D eigenvalue weighted by Gasteiger charge is -2.64. The quantitative estimate of drug-likeness (QED) is 0.104. The second-order valence-electron chi connectivity index (χ2n) is 18.4. The third-order valence-corrected chi connectivity index (χ3v) is 15.5. The molecular formula is C38H62O18. The first-order valence-electron chi connectivity index (χ1n) is 20.2. The van der Waals surface area contributed by atoms with Gasteiger partial charge in [-0.05, 0) is 86.9 Å². The van der Waals surface area contributed by atoms with E-state index in [-0.39, 0.29) is 28.6 Å². The van der Waals surface area contributed by atoms with Crippen molar-refractivity contribution in [1.29, 1.82) is 0 Å².